The number of aliphatic carboxylic acids is 1. The van der Waals surface area contributed by atoms with Crippen LogP contribution in [0.25, 0.3) is 11.1 Å². The fourth-order valence-corrected chi connectivity index (χ4v) is 5.58. The van der Waals surface area contributed by atoms with Gasteiger partial charge in [-0.1, -0.05) is 78.9 Å². The Morgan fingerprint density at radius 2 is 1.52 bits per heavy atom. The first-order valence-corrected chi connectivity index (χ1v) is 13.4. The average Bonchev–Trinajstić information content (AvgIpc) is 3.59. The number of nitrogens with one attached hydrogen (secondary N) is 2. The van der Waals surface area contributed by atoms with Gasteiger partial charge in [0.05, 0.1) is 0 Å². The number of benzene rings is 3. The zero-order chi connectivity index (χ0) is 28.1. The number of carbonyl (C=O) groups is 4. The number of carboxylic acid groups (broad SMARTS) is 1. The van der Waals surface area contributed by atoms with Crippen molar-refractivity contribution in [1.82, 2.24) is 15.5 Å². The third-order valence-electron chi connectivity index (χ3n) is 7.47. The Bertz CT molecular complexity index is 1360. The normalized spacial score (nSPS) is 16.5. The fourth-order valence-electron chi connectivity index (χ4n) is 5.58. The summed E-state index contributed by atoms with van der Waals surface area (Å²) in [7, 11) is 0. The topological polar surface area (TPSA) is 125 Å². The quantitative estimate of drug-likeness (QED) is 0.382. The predicted octanol–water partition coefficient (Wildman–Crippen LogP) is 3.33. The van der Waals surface area contributed by atoms with E-state index in [9.17, 15) is 24.3 Å². The minimum atomic E-state index is -1.06. The lowest BCUT2D eigenvalue weighted by molar-refractivity contribution is -0.149. The van der Waals surface area contributed by atoms with Gasteiger partial charge < -0.3 is 25.4 Å². The Kier molecular flexibility index (Phi) is 8.10. The number of ether oxygens (including phenoxy) is 1. The van der Waals surface area contributed by atoms with Crippen molar-refractivity contribution in [3.63, 3.8) is 0 Å². The molecule has 9 heteroatoms. The van der Waals surface area contributed by atoms with E-state index in [4.69, 9.17) is 4.74 Å². The Morgan fingerprint density at radius 1 is 0.900 bits per heavy atom. The van der Waals surface area contributed by atoms with Gasteiger partial charge in [0, 0.05) is 18.9 Å². The molecule has 1 fully saturated rings. The third-order valence-corrected chi connectivity index (χ3v) is 7.47. The van der Waals surface area contributed by atoms with Crippen molar-refractivity contribution >= 4 is 23.9 Å². The van der Waals surface area contributed by atoms with E-state index in [1.165, 1.54) is 4.90 Å². The molecule has 9 nitrogen and oxygen atoms in total. The van der Waals surface area contributed by atoms with Crippen LogP contribution in [-0.2, 0) is 25.5 Å². The number of rotatable bonds is 9. The molecule has 1 saturated heterocycles. The van der Waals surface area contributed by atoms with E-state index in [1.54, 1.807) is 0 Å². The molecule has 3 amide bonds. The molecule has 2 aliphatic rings. The fraction of sp³-hybridized carbons (Fsp3) is 0.290. The largest absolute Gasteiger partial charge is 0.480 e. The Hall–Kier alpha value is -4.66. The molecule has 0 aromatic heterocycles. The lowest BCUT2D eigenvalue weighted by atomic mass is 9.98. The Morgan fingerprint density at radius 3 is 2.17 bits per heavy atom. The molecular weight excluding hydrogens is 510 g/mol. The molecule has 3 aromatic carbocycles. The molecule has 5 rings (SSSR count). The van der Waals surface area contributed by atoms with E-state index in [0.29, 0.717) is 19.4 Å². The van der Waals surface area contributed by atoms with E-state index in [2.05, 4.69) is 10.6 Å². The van der Waals surface area contributed by atoms with Gasteiger partial charge in [0.2, 0.25) is 11.8 Å². The van der Waals surface area contributed by atoms with Crippen molar-refractivity contribution in [2.24, 2.45) is 0 Å². The monoisotopic (exact) mass is 541 g/mol. The van der Waals surface area contributed by atoms with Crippen LogP contribution in [0.15, 0.2) is 78.9 Å². The van der Waals surface area contributed by atoms with Crippen LogP contribution in [0.1, 0.15) is 35.4 Å². The summed E-state index contributed by atoms with van der Waals surface area (Å²) in [6, 6.07) is 23.3. The number of carboxylic acids is 1. The summed E-state index contributed by atoms with van der Waals surface area (Å²) in [6.07, 6.45) is 0.404. The number of amides is 3. The van der Waals surface area contributed by atoms with Crippen LogP contribution in [0, 0.1) is 0 Å². The number of fused-ring (bicyclic) bond motifs is 3. The van der Waals surface area contributed by atoms with Gasteiger partial charge in [-0.3, -0.25) is 9.59 Å². The Balaban J connectivity index is 1.18. The number of likely N-dealkylation sites (tertiary alicyclic amines) is 1. The zero-order valence-electron chi connectivity index (χ0n) is 21.9. The highest BCUT2D eigenvalue weighted by atomic mass is 16.5. The van der Waals surface area contributed by atoms with Gasteiger partial charge in [-0.15, -0.1) is 0 Å². The lowest BCUT2D eigenvalue weighted by Crippen LogP contribution is -2.54. The number of hydrogen-bond acceptors (Lipinski definition) is 5. The second kappa shape index (κ2) is 12.0. The first kappa shape index (κ1) is 26.9. The van der Waals surface area contributed by atoms with Crippen molar-refractivity contribution in [1.29, 1.82) is 0 Å². The zero-order valence-corrected chi connectivity index (χ0v) is 21.9. The molecule has 3 aromatic rings. The van der Waals surface area contributed by atoms with Crippen molar-refractivity contribution in [3.8, 4) is 11.1 Å². The molecule has 40 heavy (non-hydrogen) atoms. The maximum atomic E-state index is 13.3. The first-order chi connectivity index (χ1) is 19.4. The molecule has 1 aliphatic carbocycles. The maximum absolute atomic E-state index is 13.3. The molecule has 0 spiro atoms. The smallest absolute Gasteiger partial charge is 0.407 e. The van der Waals surface area contributed by atoms with Gasteiger partial charge in [0.25, 0.3) is 0 Å². The third kappa shape index (κ3) is 5.83. The summed E-state index contributed by atoms with van der Waals surface area (Å²) in [5.74, 6) is -2.20. The van der Waals surface area contributed by atoms with Crippen LogP contribution in [0.5, 0.6) is 0 Å². The molecule has 3 N–H and O–H groups in total. The second-order valence-electron chi connectivity index (χ2n) is 10.0. The SMILES string of the molecule is O=C(CNC(=O)OCC1c2ccccc2-c2ccccc21)N[C@@H](Cc1ccccc1)C(=O)N1CCC[C@H]1C(=O)O. The molecule has 0 bridgehead atoms. The molecule has 1 heterocycles. The van der Waals surface area contributed by atoms with Crippen LogP contribution in [0.4, 0.5) is 4.79 Å². The molecule has 0 radical (unpaired) electrons. The maximum Gasteiger partial charge on any atom is 0.407 e. The molecule has 1 aliphatic heterocycles. The van der Waals surface area contributed by atoms with Crippen molar-refractivity contribution in [2.45, 2.75) is 37.3 Å². The summed E-state index contributed by atoms with van der Waals surface area (Å²) in [5.41, 5.74) is 5.21. The molecule has 206 valence electrons. The summed E-state index contributed by atoms with van der Waals surface area (Å²) in [4.78, 5) is 51.6. The molecule has 0 unspecified atom stereocenters. The molecule has 0 saturated carbocycles. The van der Waals surface area contributed by atoms with Crippen molar-refractivity contribution in [2.75, 3.05) is 19.7 Å². The van der Waals surface area contributed by atoms with Crippen LogP contribution < -0.4 is 10.6 Å². The average molecular weight is 542 g/mol. The van der Waals surface area contributed by atoms with Crippen LogP contribution >= 0.6 is 0 Å². The van der Waals surface area contributed by atoms with Gasteiger partial charge in [-0.25, -0.2) is 9.59 Å². The highest BCUT2D eigenvalue weighted by Gasteiger charge is 2.37. The van der Waals surface area contributed by atoms with Crippen molar-refractivity contribution < 1.29 is 29.0 Å². The highest BCUT2D eigenvalue weighted by molar-refractivity contribution is 5.92. The van der Waals surface area contributed by atoms with Gasteiger partial charge in [-0.05, 0) is 40.7 Å². The molecule has 2 atom stereocenters. The number of nitrogens with zero attached hydrogens (tertiary/aromatic N) is 1. The summed E-state index contributed by atoms with van der Waals surface area (Å²) < 4.78 is 5.49. The van der Waals surface area contributed by atoms with Crippen LogP contribution in [0.2, 0.25) is 0 Å². The van der Waals surface area contributed by atoms with Gasteiger partial charge in [0.15, 0.2) is 0 Å². The van der Waals surface area contributed by atoms with Crippen LogP contribution in [-0.4, -0.2) is 65.7 Å². The lowest BCUT2D eigenvalue weighted by Gasteiger charge is -2.27. The van der Waals surface area contributed by atoms with Gasteiger partial charge in [0.1, 0.15) is 25.2 Å². The summed E-state index contributed by atoms with van der Waals surface area (Å²) in [6.45, 7) is 0.0364. The van der Waals surface area contributed by atoms with E-state index < -0.39 is 42.5 Å². The number of carbonyl (C=O) groups excluding carboxylic acids is 3. The van der Waals surface area contributed by atoms with Gasteiger partial charge >= 0.3 is 12.1 Å². The van der Waals surface area contributed by atoms with E-state index >= 15 is 0 Å². The minimum Gasteiger partial charge on any atom is -0.480 e. The van der Waals surface area contributed by atoms with E-state index in [0.717, 1.165) is 27.8 Å². The predicted molar refractivity (Wildman–Crippen MR) is 148 cm³/mol. The Labute approximate surface area is 232 Å². The van der Waals surface area contributed by atoms with E-state index in [1.807, 2.05) is 78.9 Å². The second-order valence-corrected chi connectivity index (χ2v) is 10.0. The van der Waals surface area contributed by atoms with Gasteiger partial charge in [-0.2, -0.15) is 0 Å². The number of hydrogen-bond donors (Lipinski definition) is 3. The first-order valence-electron chi connectivity index (χ1n) is 13.4. The van der Waals surface area contributed by atoms with Crippen LogP contribution in [0.3, 0.4) is 0 Å². The summed E-state index contributed by atoms with van der Waals surface area (Å²) in [5, 5.41) is 14.7. The van der Waals surface area contributed by atoms with Crippen molar-refractivity contribution in [3.05, 3.63) is 95.6 Å². The standard InChI is InChI=1S/C31H31N3O6/c35-28(33-26(17-20-9-2-1-3-10-20)29(36)34-16-8-15-27(34)30(37)38)18-32-31(39)40-19-25-23-13-6-4-11-21(23)22-12-5-7-14-24(22)25/h1-7,9-14,25-27H,8,15-19H2,(H,32,39)(H,33,35)(H,37,38)/t26-,27-/m0/s1. The summed E-state index contributed by atoms with van der Waals surface area (Å²) >= 11 is 0. The number of alkyl carbamates (subject to hydrolysis) is 1. The minimum absolute atomic E-state index is 0.109. The molecular formula is C31H31N3O6. The highest BCUT2D eigenvalue weighted by Crippen LogP contribution is 2.44. The van der Waals surface area contributed by atoms with E-state index in [-0.39, 0.29) is 18.9 Å².